The molecule has 1 aliphatic carbocycles. The molecule has 0 spiro atoms. The van der Waals surface area contributed by atoms with Gasteiger partial charge in [0.2, 0.25) is 0 Å². The predicted octanol–water partition coefficient (Wildman–Crippen LogP) is 5.74. The maximum atomic E-state index is 11.6. The lowest BCUT2D eigenvalue weighted by Crippen LogP contribution is -2.45. The van der Waals surface area contributed by atoms with Crippen LogP contribution in [0.15, 0.2) is 0 Å². The van der Waals surface area contributed by atoms with Crippen molar-refractivity contribution in [2.75, 3.05) is 13.7 Å². The van der Waals surface area contributed by atoms with E-state index in [1.54, 1.807) is 0 Å². The topological polar surface area (TPSA) is 65.0 Å². The van der Waals surface area contributed by atoms with E-state index in [1.807, 2.05) is 0 Å². The number of hydrogen-bond acceptors (Lipinski definition) is 5. The minimum Gasteiger partial charge on any atom is -0.469 e. The van der Waals surface area contributed by atoms with Crippen molar-refractivity contribution in [2.45, 2.75) is 116 Å². The summed E-state index contributed by atoms with van der Waals surface area (Å²) in [5, 5.41) is 10.6. The molecule has 0 aromatic heterocycles. The standard InChI is InChI=1S/C23H48O5Si2/c1-22(2,3)29(8,9)27-19-15-20(28-30(10,11)23(4,5)6)18(16-24)17(19)13-12-14-21(25)26-7/h17-20,24H,12-16H2,1-11H3/t17-,18+,19-,20+/m0/s1. The van der Waals surface area contributed by atoms with Crippen LogP contribution in [0.5, 0.6) is 0 Å². The van der Waals surface area contributed by atoms with Gasteiger partial charge < -0.3 is 18.7 Å². The molecule has 4 atom stereocenters. The van der Waals surface area contributed by atoms with Crippen LogP contribution in [0, 0.1) is 11.8 Å². The average Bonchev–Trinajstić information content (AvgIpc) is 2.87. The van der Waals surface area contributed by atoms with E-state index in [0.717, 1.165) is 19.3 Å². The molecule has 0 aromatic rings. The van der Waals surface area contributed by atoms with Gasteiger partial charge in [-0.3, -0.25) is 4.79 Å². The molecule has 1 saturated carbocycles. The summed E-state index contributed by atoms with van der Waals surface area (Å²) in [4.78, 5) is 11.6. The van der Waals surface area contributed by atoms with Crippen molar-refractivity contribution in [3.8, 4) is 0 Å². The number of carbonyl (C=O) groups is 1. The van der Waals surface area contributed by atoms with Gasteiger partial charge in [0.1, 0.15) is 0 Å². The van der Waals surface area contributed by atoms with Crippen molar-refractivity contribution >= 4 is 22.6 Å². The predicted molar refractivity (Wildman–Crippen MR) is 129 cm³/mol. The molecule has 0 amide bonds. The largest absolute Gasteiger partial charge is 0.469 e. The third-order valence-corrected chi connectivity index (χ3v) is 16.8. The summed E-state index contributed by atoms with van der Waals surface area (Å²) in [6, 6.07) is 0. The maximum absolute atomic E-state index is 11.6. The van der Waals surface area contributed by atoms with Crippen molar-refractivity contribution in [3.05, 3.63) is 0 Å². The first kappa shape index (κ1) is 27.8. The Bertz CT molecular complexity index is 563. The quantitative estimate of drug-likeness (QED) is 0.351. The van der Waals surface area contributed by atoms with E-state index in [-0.39, 0.29) is 46.7 Å². The Morgan fingerprint density at radius 2 is 1.33 bits per heavy atom. The smallest absolute Gasteiger partial charge is 0.305 e. The lowest BCUT2D eigenvalue weighted by molar-refractivity contribution is -0.140. The fourth-order valence-electron chi connectivity index (χ4n) is 3.75. The van der Waals surface area contributed by atoms with E-state index in [4.69, 9.17) is 13.6 Å². The number of ether oxygens (including phenoxy) is 1. The molecule has 0 radical (unpaired) electrons. The Hall–Kier alpha value is -0.216. The summed E-state index contributed by atoms with van der Waals surface area (Å²) in [5.74, 6) is 0.0690. The summed E-state index contributed by atoms with van der Waals surface area (Å²) in [5.41, 5.74) is 0. The number of aliphatic hydroxyl groups is 1. The van der Waals surface area contributed by atoms with Gasteiger partial charge in [-0.2, -0.15) is 0 Å². The third kappa shape index (κ3) is 6.89. The van der Waals surface area contributed by atoms with E-state index in [1.165, 1.54) is 7.11 Å². The second kappa shape index (κ2) is 10.2. The Morgan fingerprint density at radius 3 is 1.70 bits per heavy atom. The van der Waals surface area contributed by atoms with Crippen LogP contribution in [0.3, 0.4) is 0 Å². The second-order valence-electron chi connectivity index (χ2n) is 12.0. The lowest BCUT2D eigenvalue weighted by atomic mass is 9.89. The molecule has 7 heteroatoms. The zero-order valence-electron chi connectivity index (χ0n) is 21.4. The van der Waals surface area contributed by atoms with Crippen LogP contribution < -0.4 is 0 Å². The Labute approximate surface area is 187 Å². The molecule has 0 aliphatic heterocycles. The molecule has 1 fully saturated rings. The second-order valence-corrected chi connectivity index (χ2v) is 21.6. The number of carbonyl (C=O) groups excluding carboxylic acids is 1. The van der Waals surface area contributed by atoms with Gasteiger partial charge >= 0.3 is 5.97 Å². The van der Waals surface area contributed by atoms with Crippen LogP contribution in [0.2, 0.25) is 36.3 Å². The van der Waals surface area contributed by atoms with Crippen molar-refractivity contribution in [1.82, 2.24) is 0 Å². The molecule has 0 aromatic carbocycles. The van der Waals surface area contributed by atoms with Crippen molar-refractivity contribution in [2.24, 2.45) is 11.8 Å². The van der Waals surface area contributed by atoms with Crippen molar-refractivity contribution in [1.29, 1.82) is 0 Å². The van der Waals surface area contributed by atoms with E-state index >= 15 is 0 Å². The monoisotopic (exact) mass is 460 g/mol. The molecular weight excluding hydrogens is 412 g/mol. The summed E-state index contributed by atoms with van der Waals surface area (Å²) < 4.78 is 18.5. The van der Waals surface area contributed by atoms with Crippen LogP contribution in [-0.4, -0.2) is 53.6 Å². The highest BCUT2D eigenvalue weighted by atomic mass is 28.4. The van der Waals surface area contributed by atoms with Crippen LogP contribution >= 0.6 is 0 Å². The fraction of sp³-hybridized carbons (Fsp3) is 0.957. The highest BCUT2D eigenvalue weighted by Crippen LogP contribution is 2.47. The van der Waals surface area contributed by atoms with Crippen molar-refractivity contribution in [3.63, 3.8) is 0 Å². The zero-order chi connectivity index (χ0) is 23.5. The van der Waals surface area contributed by atoms with Crippen LogP contribution in [0.25, 0.3) is 0 Å². The van der Waals surface area contributed by atoms with Gasteiger partial charge in [-0.25, -0.2) is 0 Å². The first-order valence-corrected chi connectivity index (χ1v) is 17.3. The van der Waals surface area contributed by atoms with E-state index in [2.05, 4.69) is 67.7 Å². The molecule has 0 saturated heterocycles. The molecule has 5 nitrogen and oxygen atoms in total. The fourth-order valence-corrected chi connectivity index (χ4v) is 6.51. The number of methoxy groups -OCH3 is 1. The number of esters is 1. The first-order chi connectivity index (χ1) is 13.5. The number of hydrogen-bond donors (Lipinski definition) is 1. The Kier molecular flexibility index (Phi) is 9.41. The highest BCUT2D eigenvalue weighted by molar-refractivity contribution is 6.74. The van der Waals surface area contributed by atoms with Crippen LogP contribution in [0.4, 0.5) is 0 Å². The minimum absolute atomic E-state index is 0.00814. The summed E-state index contributed by atoms with van der Waals surface area (Å²) in [7, 11) is -2.50. The van der Waals surface area contributed by atoms with Gasteiger partial charge in [0, 0.05) is 18.9 Å². The van der Waals surface area contributed by atoms with Gasteiger partial charge in [0.25, 0.3) is 0 Å². The van der Waals surface area contributed by atoms with Gasteiger partial charge in [-0.05, 0) is 61.4 Å². The molecule has 178 valence electrons. The molecule has 1 rings (SSSR count). The number of aliphatic hydroxyl groups excluding tert-OH is 1. The molecule has 1 N–H and O–H groups in total. The SMILES string of the molecule is COC(=O)CCC[C@H]1[C@@H](CO)[C@H](O[Si](C)(C)C(C)(C)C)C[C@@H]1O[Si](C)(C)C(C)(C)C. The summed E-state index contributed by atoms with van der Waals surface area (Å²) >= 11 is 0. The maximum Gasteiger partial charge on any atom is 0.305 e. The van der Waals surface area contributed by atoms with Crippen LogP contribution in [-0.2, 0) is 18.4 Å². The third-order valence-electron chi connectivity index (χ3n) is 7.83. The van der Waals surface area contributed by atoms with Gasteiger partial charge in [-0.1, -0.05) is 41.5 Å². The molecule has 0 unspecified atom stereocenters. The first-order valence-electron chi connectivity index (χ1n) is 11.5. The molecular formula is C23H48O5Si2. The lowest BCUT2D eigenvalue weighted by Gasteiger charge is -2.40. The van der Waals surface area contributed by atoms with E-state index in [0.29, 0.717) is 6.42 Å². The van der Waals surface area contributed by atoms with Gasteiger partial charge in [-0.15, -0.1) is 0 Å². The van der Waals surface area contributed by atoms with Crippen LogP contribution in [0.1, 0.15) is 67.2 Å². The van der Waals surface area contributed by atoms with Gasteiger partial charge in [0.15, 0.2) is 16.6 Å². The van der Waals surface area contributed by atoms with E-state index < -0.39 is 16.6 Å². The molecule has 0 bridgehead atoms. The minimum atomic E-state index is -1.97. The Balaban J connectivity index is 3.10. The van der Waals surface area contributed by atoms with Crippen molar-refractivity contribution < 1.29 is 23.5 Å². The highest BCUT2D eigenvalue weighted by Gasteiger charge is 2.50. The molecule has 0 heterocycles. The average molecular weight is 461 g/mol. The molecule has 30 heavy (non-hydrogen) atoms. The molecule has 1 aliphatic rings. The Morgan fingerprint density at radius 1 is 0.900 bits per heavy atom. The number of rotatable bonds is 9. The van der Waals surface area contributed by atoms with Gasteiger partial charge in [0.05, 0.1) is 19.3 Å². The summed E-state index contributed by atoms with van der Waals surface area (Å²) in [6.45, 7) is 22.7. The zero-order valence-corrected chi connectivity index (χ0v) is 23.4. The summed E-state index contributed by atoms with van der Waals surface area (Å²) in [6.07, 6.45) is 2.90. The normalized spacial score (nSPS) is 26.1. The van der Waals surface area contributed by atoms with E-state index in [9.17, 15) is 9.90 Å².